The van der Waals surface area contributed by atoms with Gasteiger partial charge in [-0.3, -0.25) is 9.20 Å². The molecule has 1 amide bonds. The number of carbonyl (C=O) groups excluding carboxylic acids is 1. The van der Waals surface area contributed by atoms with Gasteiger partial charge in [0.25, 0.3) is 5.91 Å². The fourth-order valence-electron chi connectivity index (χ4n) is 3.40. The lowest BCUT2D eigenvalue weighted by atomic mass is 10.0. The van der Waals surface area contributed by atoms with E-state index in [4.69, 9.17) is 5.11 Å². The zero-order chi connectivity index (χ0) is 21.8. The van der Waals surface area contributed by atoms with Crippen molar-refractivity contribution in [1.29, 1.82) is 0 Å². The van der Waals surface area contributed by atoms with Gasteiger partial charge >= 0.3 is 0 Å². The quantitative estimate of drug-likeness (QED) is 0.425. The molecule has 3 N–H and O–H groups in total. The summed E-state index contributed by atoms with van der Waals surface area (Å²) in [5.74, 6) is 0.911. The number of hydrogen-bond acceptors (Lipinski definition) is 5. The number of rotatable bonds is 7. The Morgan fingerprint density at radius 3 is 2.68 bits per heavy atom. The highest BCUT2D eigenvalue weighted by molar-refractivity contribution is 5.95. The third-order valence-electron chi connectivity index (χ3n) is 5.09. The summed E-state index contributed by atoms with van der Waals surface area (Å²) in [4.78, 5) is 21.3. The molecule has 7 nitrogen and oxygen atoms in total. The number of anilines is 2. The molecule has 0 bridgehead atoms. The molecule has 2 heterocycles. The van der Waals surface area contributed by atoms with Crippen molar-refractivity contribution in [3.63, 3.8) is 0 Å². The average molecular weight is 415 g/mol. The van der Waals surface area contributed by atoms with Crippen LogP contribution in [0.4, 0.5) is 11.5 Å². The summed E-state index contributed by atoms with van der Waals surface area (Å²) in [6.45, 7) is 4.46. The second-order valence-electron chi connectivity index (χ2n) is 7.57. The van der Waals surface area contributed by atoms with Gasteiger partial charge in [-0.1, -0.05) is 38.1 Å². The second-order valence-corrected chi connectivity index (χ2v) is 7.57. The molecule has 31 heavy (non-hydrogen) atoms. The van der Waals surface area contributed by atoms with Crippen LogP contribution in [0.2, 0.25) is 0 Å². The third kappa shape index (κ3) is 4.41. The van der Waals surface area contributed by atoms with E-state index < -0.39 is 0 Å². The van der Waals surface area contributed by atoms with Crippen LogP contribution in [-0.2, 0) is 0 Å². The first-order valence-electron chi connectivity index (χ1n) is 10.3. The number of aliphatic hydroxyl groups excluding tert-OH is 1. The number of nitrogens with zero attached hydrogens (tertiary/aromatic N) is 3. The number of aromatic nitrogens is 3. The normalized spacial score (nSPS) is 11.1. The molecule has 0 unspecified atom stereocenters. The number of nitrogens with one attached hydrogen (secondary N) is 2. The van der Waals surface area contributed by atoms with Crippen molar-refractivity contribution in [3.8, 4) is 11.3 Å². The van der Waals surface area contributed by atoms with Crippen molar-refractivity contribution >= 4 is 23.1 Å². The molecule has 0 atom stereocenters. The molecular formula is C24H25N5O2. The maximum Gasteiger partial charge on any atom is 0.251 e. The lowest BCUT2D eigenvalue weighted by Crippen LogP contribution is -2.26. The van der Waals surface area contributed by atoms with Crippen LogP contribution >= 0.6 is 0 Å². The summed E-state index contributed by atoms with van der Waals surface area (Å²) in [6.07, 6.45) is 5.35. The van der Waals surface area contributed by atoms with Crippen LogP contribution in [0.15, 0.2) is 67.1 Å². The Morgan fingerprint density at radius 1 is 1.13 bits per heavy atom. The Hall–Kier alpha value is -3.71. The van der Waals surface area contributed by atoms with Gasteiger partial charge in [-0.2, -0.15) is 0 Å². The highest BCUT2D eigenvalue weighted by Gasteiger charge is 2.13. The number of imidazole rings is 1. The third-order valence-corrected chi connectivity index (χ3v) is 5.09. The lowest BCUT2D eigenvalue weighted by Gasteiger charge is -2.10. The Kier molecular flexibility index (Phi) is 5.95. The highest BCUT2D eigenvalue weighted by Crippen LogP contribution is 2.26. The van der Waals surface area contributed by atoms with Crippen LogP contribution in [0, 0.1) is 0 Å². The van der Waals surface area contributed by atoms with E-state index in [0.717, 1.165) is 16.9 Å². The van der Waals surface area contributed by atoms with Gasteiger partial charge in [0.2, 0.25) is 0 Å². The van der Waals surface area contributed by atoms with Crippen LogP contribution in [0.3, 0.4) is 0 Å². The van der Waals surface area contributed by atoms with Crippen molar-refractivity contribution in [1.82, 2.24) is 19.7 Å². The van der Waals surface area contributed by atoms with Crippen LogP contribution < -0.4 is 10.6 Å². The number of amides is 1. The molecule has 0 saturated carbocycles. The smallest absolute Gasteiger partial charge is 0.251 e. The molecule has 0 radical (unpaired) electrons. The molecule has 0 spiro atoms. The molecule has 0 aliphatic rings. The lowest BCUT2D eigenvalue weighted by molar-refractivity contribution is 0.0945. The van der Waals surface area contributed by atoms with E-state index >= 15 is 0 Å². The standard InChI is InChI=1S/C24H25N5O2/c1-16(2)17-6-8-20(9-7-17)28-22-23-27-15-21(29(23)12-10-25-22)18-4-3-5-19(14-18)24(31)26-11-13-30/h3-10,12,14-16,30H,11,13H2,1-2H3,(H,25,28)(H,26,31). The zero-order valence-corrected chi connectivity index (χ0v) is 17.5. The van der Waals surface area contributed by atoms with Gasteiger partial charge in [0.15, 0.2) is 11.5 Å². The predicted octanol–water partition coefficient (Wildman–Crippen LogP) is 3.99. The van der Waals surface area contributed by atoms with Gasteiger partial charge in [0, 0.05) is 35.8 Å². The first kappa shape index (κ1) is 20.6. The Balaban J connectivity index is 1.64. The first-order valence-corrected chi connectivity index (χ1v) is 10.3. The minimum atomic E-state index is -0.224. The number of hydrogen-bond donors (Lipinski definition) is 3. The number of benzene rings is 2. The van der Waals surface area contributed by atoms with Crippen LogP contribution in [0.25, 0.3) is 16.9 Å². The molecule has 4 rings (SSSR count). The van der Waals surface area contributed by atoms with Crippen molar-refractivity contribution in [2.75, 3.05) is 18.5 Å². The zero-order valence-electron chi connectivity index (χ0n) is 17.5. The molecule has 2 aromatic heterocycles. The molecule has 7 heteroatoms. The monoisotopic (exact) mass is 415 g/mol. The summed E-state index contributed by atoms with van der Waals surface area (Å²) in [5.41, 5.74) is 5.16. The van der Waals surface area contributed by atoms with Gasteiger partial charge in [-0.25, -0.2) is 9.97 Å². The van der Waals surface area contributed by atoms with Crippen molar-refractivity contribution < 1.29 is 9.90 Å². The van der Waals surface area contributed by atoms with Crippen LogP contribution in [0.1, 0.15) is 35.7 Å². The molecular weight excluding hydrogens is 390 g/mol. The molecule has 2 aromatic carbocycles. The van der Waals surface area contributed by atoms with Crippen molar-refractivity contribution in [2.45, 2.75) is 19.8 Å². The van der Waals surface area contributed by atoms with E-state index in [0.29, 0.717) is 22.9 Å². The predicted molar refractivity (Wildman–Crippen MR) is 122 cm³/mol. The van der Waals surface area contributed by atoms with Gasteiger partial charge in [0.05, 0.1) is 18.5 Å². The van der Waals surface area contributed by atoms with E-state index in [1.165, 1.54) is 5.56 Å². The molecule has 0 aliphatic carbocycles. The molecule has 0 aliphatic heterocycles. The minimum absolute atomic E-state index is 0.0956. The summed E-state index contributed by atoms with van der Waals surface area (Å²) >= 11 is 0. The minimum Gasteiger partial charge on any atom is -0.395 e. The SMILES string of the molecule is CC(C)c1ccc(Nc2nccn3c(-c4cccc(C(=O)NCCO)c4)cnc23)cc1. The van der Waals surface area contributed by atoms with E-state index in [-0.39, 0.29) is 19.1 Å². The maximum atomic E-state index is 12.2. The highest BCUT2D eigenvalue weighted by atomic mass is 16.3. The van der Waals surface area contributed by atoms with Gasteiger partial charge in [-0.15, -0.1) is 0 Å². The van der Waals surface area contributed by atoms with Crippen LogP contribution in [-0.4, -0.2) is 38.5 Å². The van der Waals surface area contributed by atoms with Gasteiger partial charge in [0.1, 0.15) is 0 Å². The summed E-state index contributed by atoms with van der Waals surface area (Å²) < 4.78 is 1.95. The molecule has 0 fully saturated rings. The Morgan fingerprint density at radius 2 is 1.94 bits per heavy atom. The molecule has 4 aromatic rings. The van der Waals surface area contributed by atoms with Crippen molar-refractivity contribution in [3.05, 3.63) is 78.2 Å². The maximum absolute atomic E-state index is 12.2. The molecule has 158 valence electrons. The van der Waals surface area contributed by atoms with E-state index in [1.54, 1.807) is 18.5 Å². The number of carbonyl (C=O) groups is 1. The fourth-order valence-corrected chi connectivity index (χ4v) is 3.40. The topological polar surface area (TPSA) is 91.6 Å². The van der Waals surface area contributed by atoms with Gasteiger partial charge in [-0.05, 0) is 35.7 Å². The summed E-state index contributed by atoms with van der Waals surface area (Å²) in [5, 5.41) is 14.9. The second kappa shape index (κ2) is 8.97. The number of aliphatic hydroxyl groups is 1. The van der Waals surface area contributed by atoms with Crippen molar-refractivity contribution in [2.24, 2.45) is 0 Å². The Bertz CT molecular complexity index is 1200. The fraction of sp³-hybridized carbons (Fsp3) is 0.208. The van der Waals surface area contributed by atoms with E-state index in [1.807, 2.05) is 40.9 Å². The van der Waals surface area contributed by atoms with Crippen LogP contribution in [0.5, 0.6) is 0 Å². The number of fused-ring (bicyclic) bond motifs is 1. The Labute approximate surface area is 180 Å². The summed E-state index contributed by atoms with van der Waals surface area (Å²) in [6, 6.07) is 15.6. The van der Waals surface area contributed by atoms with E-state index in [2.05, 4.69) is 46.6 Å². The van der Waals surface area contributed by atoms with Gasteiger partial charge < -0.3 is 15.7 Å². The largest absolute Gasteiger partial charge is 0.395 e. The summed E-state index contributed by atoms with van der Waals surface area (Å²) in [7, 11) is 0. The first-order chi connectivity index (χ1) is 15.1. The average Bonchev–Trinajstić information content (AvgIpc) is 3.23. The van der Waals surface area contributed by atoms with E-state index in [9.17, 15) is 4.79 Å². The molecule has 0 saturated heterocycles.